The van der Waals surface area contributed by atoms with Crippen LogP contribution in [0.3, 0.4) is 0 Å². The van der Waals surface area contributed by atoms with Crippen molar-refractivity contribution in [2.24, 2.45) is 10.2 Å². The predicted molar refractivity (Wildman–Crippen MR) is 135 cm³/mol. The summed E-state index contributed by atoms with van der Waals surface area (Å²) in [6.45, 7) is 2.83. The largest absolute Gasteiger partial charge is 0.316 e. The van der Waals surface area contributed by atoms with E-state index >= 15 is 0 Å². The molecule has 1 saturated heterocycles. The van der Waals surface area contributed by atoms with E-state index < -0.39 is 6.43 Å². The molecule has 1 fully saturated rings. The van der Waals surface area contributed by atoms with E-state index in [1.165, 1.54) is 5.56 Å². The number of alkyl halides is 2. The van der Waals surface area contributed by atoms with Gasteiger partial charge in [0.15, 0.2) is 0 Å². The number of anilines is 1. The number of hydrogen-bond acceptors (Lipinski definition) is 5. The molecular weight excluding hydrogens is 439 g/mol. The Bertz CT molecular complexity index is 1120. The lowest BCUT2D eigenvalue weighted by Gasteiger charge is -2.35. The maximum absolute atomic E-state index is 12.9. The summed E-state index contributed by atoms with van der Waals surface area (Å²) >= 11 is 0. The fourth-order valence-corrected chi connectivity index (χ4v) is 6.08. The van der Waals surface area contributed by atoms with Crippen LogP contribution in [0, 0.1) is 18.2 Å². The van der Waals surface area contributed by atoms with Crippen LogP contribution >= 0.6 is 10.7 Å². The number of hydrogen-bond donors (Lipinski definition) is 0. The van der Waals surface area contributed by atoms with Gasteiger partial charge in [-0.2, -0.15) is 10.2 Å². The molecule has 3 heterocycles. The Morgan fingerprint density at radius 2 is 2.03 bits per heavy atom. The third-order valence-electron chi connectivity index (χ3n) is 6.18. The number of halogens is 2. The molecule has 1 aromatic carbocycles. The van der Waals surface area contributed by atoms with Crippen LogP contribution in [0.4, 0.5) is 14.5 Å². The molecule has 0 amide bonds. The summed E-state index contributed by atoms with van der Waals surface area (Å²) in [5.74, 6) is 6.97. The molecule has 5 nitrogen and oxygen atoms in total. The molecule has 0 saturated carbocycles. The average Bonchev–Trinajstić information content (AvgIpc) is 3.33. The van der Waals surface area contributed by atoms with Crippen molar-refractivity contribution in [3.05, 3.63) is 59.4 Å². The summed E-state index contributed by atoms with van der Waals surface area (Å²) in [5, 5.41) is 17.2. The van der Waals surface area contributed by atoms with Gasteiger partial charge in [-0.25, -0.2) is 14.0 Å². The van der Waals surface area contributed by atoms with Gasteiger partial charge in [-0.15, -0.1) is 0 Å². The Kier molecular flexibility index (Phi) is 7.34. The second-order valence-electron chi connectivity index (χ2n) is 8.53. The van der Waals surface area contributed by atoms with Gasteiger partial charge in [0.2, 0.25) is 0 Å². The second-order valence-corrected chi connectivity index (χ2v) is 10.4. The van der Waals surface area contributed by atoms with Crippen LogP contribution < -0.4 is 4.31 Å². The zero-order chi connectivity index (χ0) is 23.4. The number of nitrogens with zero attached hydrogens (tertiary/aromatic N) is 5. The number of pyridine rings is 1. The zero-order valence-electron chi connectivity index (χ0n) is 18.6. The Morgan fingerprint density at radius 1 is 1.24 bits per heavy atom. The predicted octanol–water partition coefficient (Wildman–Crippen LogP) is 5.55. The Hall–Kier alpha value is -2.86. The summed E-state index contributed by atoms with van der Waals surface area (Å²) < 4.78 is 28.0. The Labute approximate surface area is 196 Å². The van der Waals surface area contributed by atoms with Gasteiger partial charge >= 0.3 is 0 Å². The minimum absolute atomic E-state index is 0.0574. The standard InChI is InChI=1S/C24H26BF2N5S/c1-17-4-3-5-20(12-17)32(33(2)21-8-10-25(16-28)11-9-21)15-19-7-6-18(14-29-19)22-13-23(24(26)27)31-30-22/h3-7,12,14,21,24H,2,8-11,13,15H2,1H3. The molecule has 0 N–H and O–H groups in total. The molecule has 0 bridgehead atoms. The molecule has 33 heavy (non-hydrogen) atoms. The Morgan fingerprint density at radius 3 is 2.64 bits per heavy atom. The van der Waals surface area contributed by atoms with Gasteiger partial charge in [0.25, 0.3) is 13.1 Å². The molecular formula is C24H26BF2N5S. The van der Waals surface area contributed by atoms with Crippen molar-refractivity contribution in [1.82, 2.24) is 4.98 Å². The van der Waals surface area contributed by atoms with Crippen molar-refractivity contribution in [1.29, 1.82) is 5.26 Å². The lowest BCUT2D eigenvalue weighted by molar-refractivity contribution is 0.224. The Balaban J connectivity index is 1.51. The number of benzene rings is 1. The molecule has 170 valence electrons. The van der Waals surface area contributed by atoms with E-state index in [0.29, 0.717) is 23.1 Å². The van der Waals surface area contributed by atoms with Gasteiger partial charge in [-0.3, -0.25) is 4.98 Å². The average molecular weight is 465 g/mol. The molecule has 1 unspecified atom stereocenters. The number of aromatic nitrogens is 1. The van der Waals surface area contributed by atoms with E-state index in [1.807, 2.05) is 12.1 Å². The third-order valence-corrected chi connectivity index (χ3v) is 8.32. The highest BCUT2D eigenvalue weighted by Gasteiger charge is 2.28. The topological polar surface area (TPSA) is 64.6 Å². The first-order valence-corrected chi connectivity index (χ1v) is 12.5. The monoisotopic (exact) mass is 465 g/mol. The van der Waals surface area contributed by atoms with Crippen molar-refractivity contribution < 1.29 is 8.78 Å². The van der Waals surface area contributed by atoms with Crippen molar-refractivity contribution in [3.8, 4) is 5.97 Å². The first kappa shape index (κ1) is 23.3. The quantitative estimate of drug-likeness (QED) is 0.398. The summed E-state index contributed by atoms with van der Waals surface area (Å²) in [5.41, 5.74) is 4.19. The van der Waals surface area contributed by atoms with E-state index in [-0.39, 0.29) is 29.5 Å². The molecule has 2 aliphatic rings. The number of aryl methyl sites for hydroxylation is 1. The fraction of sp³-hybridized carbons (Fsp3) is 0.375. The van der Waals surface area contributed by atoms with Crippen molar-refractivity contribution in [3.63, 3.8) is 0 Å². The highest BCUT2D eigenvalue weighted by atomic mass is 32.2. The van der Waals surface area contributed by atoms with Crippen molar-refractivity contribution in [2.45, 2.75) is 57.0 Å². The SMILES string of the molecule is C=S(C1CCB(C#N)CC1)N(Cc1ccc(C2=NN=C(C(F)F)C2)cn1)c1cccc(C)c1. The van der Waals surface area contributed by atoms with E-state index in [2.05, 4.69) is 62.5 Å². The first-order valence-electron chi connectivity index (χ1n) is 11.1. The van der Waals surface area contributed by atoms with Crippen LogP contribution in [0.5, 0.6) is 0 Å². The van der Waals surface area contributed by atoms with Gasteiger partial charge < -0.3 is 4.31 Å². The molecule has 1 aromatic heterocycles. The maximum atomic E-state index is 12.9. The first-order chi connectivity index (χ1) is 15.9. The molecule has 0 spiro atoms. The van der Waals surface area contributed by atoms with Crippen LogP contribution in [0.1, 0.15) is 36.1 Å². The van der Waals surface area contributed by atoms with Crippen LogP contribution in [-0.4, -0.2) is 40.7 Å². The lowest BCUT2D eigenvalue weighted by atomic mass is 9.43. The molecule has 2 aliphatic heterocycles. The summed E-state index contributed by atoms with van der Waals surface area (Å²) in [7, 11) is -0.280. The minimum Gasteiger partial charge on any atom is -0.316 e. The van der Waals surface area contributed by atoms with Crippen LogP contribution in [0.2, 0.25) is 12.6 Å². The summed E-state index contributed by atoms with van der Waals surface area (Å²) in [4.78, 5) is 4.61. The molecule has 2 aromatic rings. The molecule has 1 atom stereocenters. The summed E-state index contributed by atoms with van der Waals surface area (Å²) in [6, 6.07) is 12.2. The molecule has 0 aliphatic carbocycles. The van der Waals surface area contributed by atoms with E-state index in [9.17, 15) is 14.0 Å². The van der Waals surface area contributed by atoms with Gasteiger partial charge in [0.1, 0.15) is 5.71 Å². The second kappa shape index (κ2) is 10.4. The highest BCUT2D eigenvalue weighted by molar-refractivity contribution is 8.15. The van der Waals surface area contributed by atoms with Gasteiger partial charge in [0, 0.05) is 35.1 Å². The van der Waals surface area contributed by atoms with Crippen LogP contribution in [-0.2, 0) is 6.54 Å². The van der Waals surface area contributed by atoms with Crippen LogP contribution in [0.15, 0.2) is 52.8 Å². The normalized spacial score (nSPS) is 17.5. The molecule has 9 heteroatoms. The third kappa shape index (κ3) is 5.56. The smallest absolute Gasteiger partial charge is 0.278 e. The lowest BCUT2D eigenvalue weighted by Crippen LogP contribution is -2.28. The number of rotatable bonds is 7. The van der Waals surface area contributed by atoms with Crippen molar-refractivity contribution >= 4 is 40.4 Å². The van der Waals surface area contributed by atoms with Gasteiger partial charge in [0.05, 0.1) is 18.0 Å². The van der Waals surface area contributed by atoms with E-state index in [0.717, 1.165) is 36.9 Å². The molecule has 0 radical (unpaired) electrons. The van der Waals surface area contributed by atoms with Gasteiger partial charge in [-0.05, 0) is 49.6 Å². The van der Waals surface area contributed by atoms with Crippen molar-refractivity contribution in [2.75, 3.05) is 4.31 Å². The molecule has 4 rings (SSSR count). The number of nitriles is 1. The maximum Gasteiger partial charge on any atom is 0.278 e. The fourth-order valence-electron chi connectivity index (χ4n) is 4.22. The van der Waals surface area contributed by atoms with Gasteiger partial charge in [-0.1, -0.05) is 41.3 Å². The van der Waals surface area contributed by atoms with E-state index in [4.69, 9.17) is 0 Å². The minimum atomic E-state index is -2.58. The van der Waals surface area contributed by atoms with E-state index in [1.54, 1.807) is 6.20 Å². The van der Waals surface area contributed by atoms with Crippen LogP contribution in [0.25, 0.3) is 0 Å². The summed E-state index contributed by atoms with van der Waals surface area (Å²) in [6.07, 6.45) is 3.03. The zero-order valence-corrected chi connectivity index (χ0v) is 19.4. The highest BCUT2D eigenvalue weighted by Crippen LogP contribution is 2.39.